The van der Waals surface area contributed by atoms with Crippen molar-refractivity contribution in [3.8, 4) is 0 Å². The number of carbonyl (C=O) groups is 2. The topological polar surface area (TPSA) is 79.6 Å². The molecule has 0 aliphatic carbocycles. The lowest BCUT2D eigenvalue weighted by Gasteiger charge is -2.21. The molecule has 7 heteroatoms. The molecule has 1 fully saturated rings. The number of nitrogens with one attached hydrogen (secondary N) is 1. The van der Waals surface area contributed by atoms with Gasteiger partial charge in [-0.2, -0.15) is 5.10 Å². The fourth-order valence-electron chi connectivity index (χ4n) is 3.28. The molecule has 7 nitrogen and oxygen atoms in total. The predicted molar refractivity (Wildman–Crippen MR) is 89.9 cm³/mol. The van der Waals surface area contributed by atoms with Gasteiger partial charge in [0.2, 0.25) is 5.91 Å². The second kappa shape index (κ2) is 5.89. The molecule has 1 aliphatic heterocycles. The van der Waals surface area contributed by atoms with Gasteiger partial charge in [-0.25, -0.2) is 9.50 Å². The fraction of sp³-hybridized carbons (Fsp3) is 0.529. The van der Waals surface area contributed by atoms with E-state index in [1.54, 1.807) is 16.3 Å². The van der Waals surface area contributed by atoms with Crippen molar-refractivity contribution in [1.29, 1.82) is 0 Å². The van der Waals surface area contributed by atoms with Gasteiger partial charge in [0, 0.05) is 30.4 Å². The van der Waals surface area contributed by atoms with Crippen molar-refractivity contribution in [3.05, 3.63) is 28.7 Å². The molecule has 1 N–H and O–H groups in total. The Balaban J connectivity index is 1.88. The number of aromatic nitrogens is 3. The maximum Gasteiger partial charge on any atom is 0.257 e. The Bertz CT molecular complexity index is 824. The third-order valence-corrected chi connectivity index (χ3v) is 4.41. The standard InChI is InChI=1S/C17H23N5O2/c1-9(2)21-8-13(7-14(21)23)19-17(24)15-12(5)20-22-11(4)6-10(3)18-16(15)22/h6,9,13H,7-8H2,1-5H3,(H,19,24). The quantitative estimate of drug-likeness (QED) is 0.923. The Kier molecular flexibility index (Phi) is 4.03. The summed E-state index contributed by atoms with van der Waals surface area (Å²) in [4.78, 5) is 31.0. The third kappa shape index (κ3) is 2.74. The summed E-state index contributed by atoms with van der Waals surface area (Å²) < 4.78 is 1.69. The van der Waals surface area contributed by atoms with E-state index in [0.29, 0.717) is 29.9 Å². The van der Waals surface area contributed by atoms with E-state index in [2.05, 4.69) is 15.4 Å². The molecule has 0 aromatic carbocycles. The molecule has 3 heterocycles. The van der Waals surface area contributed by atoms with Crippen LogP contribution in [0.25, 0.3) is 5.65 Å². The summed E-state index contributed by atoms with van der Waals surface area (Å²) in [6, 6.07) is 1.90. The maximum atomic E-state index is 12.8. The van der Waals surface area contributed by atoms with Crippen LogP contribution >= 0.6 is 0 Å². The van der Waals surface area contributed by atoms with Crippen molar-refractivity contribution in [2.45, 2.75) is 53.1 Å². The summed E-state index contributed by atoms with van der Waals surface area (Å²) in [6.07, 6.45) is 0.341. The second-order valence-corrected chi connectivity index (χ2v) is 6.75. The van der Waals surface area contributed by atoms with Crippen LogP contribution in [0.15, 0.2) is 6.07 Å². The van der Waals surface area contributed by atoms with Crippen LogP contribution in [0, 0.1) is 20.8 Å². The predicted octanol–water partition coefficient (Wildman–Crippen LogP) is 1.39. The van der Waals surface area contributed by atoms with Gasteiger partial charge in [0.15, 0.2) is 5.65 Å². The lowest BCUT2D eigenvalue weighted by molar-refractivity contribution is -0.129. The van der Waals surface area contributed by atoms with Crippen LogP contribution in [-0.2, 0) is 4.79 Å². The van der Waals surface area contributed by atoms with Gasteiger partial charge in [-0.3, -0.25) is 9.59 Å². The number of aryl methyl sites for hydroxylation is 3. The average molecular weight is 329 g/mol. The van der Waals surface area contributed by atoms with Crippen molar-refractivity contribution >= 4 is 17.5 Å². The van der Waals surface area contributed by atoms with Crippen LogP contribution in [0.3, 0.4) is 0 Å². The number of rotatable bonds is 3. The molecular formula is C17H23N5O2. The molecule has 128 valence electrons. The number of hydrogen-bond acceptors (Lipinski definition) is 4. The van der Waals surface area contributed by atoms with Crippen LogP contribution in [0.2, 0.25) is 0 Å². The first-order valence-corrected chi connectivity index (χ1v) is 8.22. The van der Waals surface area contributed by atoms with Crippen LogP contribution in [0.5, 0.6) is 0 Å². The smallest absolute Gasteiger partial charge is 0.257 e. The highest BCUT2D eigenvalue weighted by Gasteiger charge is 2.33. The molecule has 24 heavy (non-hydrogen) atoms. The first-order chi connectivity index (χ1) is 11.3. The van der Waals surface area contributed by atoms with E-state index in [0.717, 1.165) is 11.4 Å². The van der Waals surface area contributed by atoms with E-state index in [9.17, 15) is 9.59 Å². The van der Waals surface area contributed by atoms with E-state index in [4.69, 9.17) is 0 Å². The molecule has 0 radical (unpaired) electrons. The lowest BCUT2D eigenvalue weighted by atomic mass is 10.2. The number of likely N-dealkylation sites (tertiary alicyclic amines) is 1. The minimum absolute atomic E-state index is 0.0803. The van der Waals surface area contributed by atoms with Gasteiger partial charge in [0.05, 0.1) is 11.7 Å². The van der Waals surface area contributed by atoms with Crippen LogP contribution in [0.1, 0.15) is 47.7 Å². The molecule has 2 aromatic rings. The van der Waals surface area contributed by atoms with E-state index >= 15 is 0 Å². The molecular weight excluding hydrogens is 306 g/mol. The van der Waals surface area contributed by atoms with Gasteiger partial charge in [-0.1, -0.05) is 0 Å². The SMILES string of the molecule is Cc1cc(C)n2nc(C)c(C(=O)NC3CC(=O)N(C(C)C)C3)c2n1. The summed E-state index contributed by atoms with van der Waals surface area (Å²) in [7, 11) is 0. The Labute approximate surface area is 141 Å². The zero-order chi connectivity index (χ0) is 17.6. The molecule has 1 aliphatic rings. The molecule has 1 saturated heterocycles. The second-order valence-electron chi connectivity index (χ2n) is 6.75. The van der Waals surface area contributed by atoms with Crippen LogP contribution < -0.4 is 5.32 Å². The lowest BCUT2D eigenvalue weighted by Crippen LogP contribution is -2.39. The Morgan fingerprint density at radius 2 is 2.04 bits per heavy atom. The van der Waals surface area contributed by atoms with Gasteiger partial charge in [0.25, 0.3) is 5.91 Å². The number of nitrogens with zero attached hydrogens (tertiary/aromatic N) is 4. The molecule has 2 aromatic heterocycles. The number of amides is 2. The highest BCUT2D eigenvalue weighted by atomic mass is 16.2. The summed E-state index contributed by atoms with van der Waals surface area (Å²) in [5.41, 5.74) is 3.46. The number of fused-ring (bicyclic) bond motifs is 1. The Morgan fingerprint density at radius 3 is 2.67 bits per heavy atom. The van der Waals surface area contributed by atoms with Crippen LogP contribution in [-0.4, -0.2) is 49.9 Å². The first-order valence-electron chi connectivity index (χ1n) is 8.22. The number of carbonyl (C=O) groups excluding carboxylic acids is 2. The third-order valence-electron chi connectivity index (χ3n) is 4.41. The molecule has 3 rings (SSSR count). The summed E-state index contributed by atoms with van der Waals surface area (Å²) in [6.45, 7) is 10.1. The largest absolute Gasteiger partial charge is 0.347 e. The van der Waals surface area contributed by atoms with E-state index in [1.165, 1.54) is 0 Å². The van der Waals surface area contributed by atoms with Gasteiger partial charge >= 0.3 is 0 Å². The first kappa shape index (κ1) is 16.4. The zero-order valence-electron chi connectivity index (χ0n) is 14.8. The maximum absolute atomic E-state index is 12.8. The summed E-state index contributed by atoms with van der Waals surface area (Å²) in [5.74, 6) is -0.139. The van der Waals surface area contributed by atoms with Crippen molar-refractivity contribution in [1.82, 2.24) is 24.8 Å². The minimum atomic E-state index is -0.219. The highest BCUT2D eigenvalue weighted by molar-refractivity contribution is 6.01. The molecule has 2 amide bonds. The Hall–Kier alpha value is -2.44. The zero-order valence-corrected chi connectivity index (χ0v) is 14.8. The minimum Gasteiger partial charge on any atom is -0.347 e. The fourth-order valence-corrected chi connectivity index (χ4v) is 3.28. The normalized spacial score (nSPS) is 18.0. The van der Waals surface area contributed by atoms with E-state index in [1.807, 2.05) is 33.8 Å². The van der Waals surface area contributed by atoms with Gasteiger partial charge in [-0.05, 0) is 40.7 Å². The van der Waals surface area contributed by atoms with Gasteiger partial charge < -0.3 is 10.2 Å². The van der Waals surface area contributed by atoms with Crippen molar-refractivity contribution in [2.24, 2.45) is 0 Å². The summed E-state index contributed by atoms with van der Waals surface area (Å²) in [5, 5.41) is 7.40. The van der Waals surface area contributed by atoms with Crippen molar-refractivity contribution in [2.75, 3.05) is 6.54 Å². The van der Waals surface area contributed by atoms with Crippen molar-refractivity contribution < 1.29 is 9.59 Å². The number of hydrogen-bond donors (Lipinski definition) is 1. The molecule has 1 unspecified atom stereocenters. The highest BCUT2D eigenvalue weighted by Crippen LogP contribution is 2.18. The van der Waals surface area contributed by atoms with Gasteiger partial charge in [0.1, 0.15) is 5.56 Å². The van der Waals surface area contributed by atoms with Gasteiger partial charge in [-0.15, -0.1) is 0 Å². The average Bonchev–Trinajstić information content (AvgIpc) is 2.98. The Morgan fingerprint density at radius 1 is 1.33 bits per heavy atom. The molecule has 0 spiro atoms. The summed E-state index contributed by atoms with van der Waals surface area (Å²) >= 11 is 0. The monoisotopic (exact) mass is 329 g/mol. The van der Waals surface area contributed by atoms with Crippen molar-refractivity contribution in [3.63, 3.8) is 0 Å². The molecule has 1 atom stereocenters. The van der Waals surface area contributed by atoms with E-state index < -0.39 is 0 Å². The molecule has 0 bridgehead atoms. The van der Waals surface area contributed by atoms with Crippen LogP contribution in [0.4, 0.5) is 0 Å². The van der Waals surface area contributed by atoms with E-state index in [-0.39, 0.29) is 23.9 Å². The molecule has 0 saturated carbocycles.